The summed E-state index contributed by atoms with van der Waals surface area (Å²) in [4.78, 5) is 14.6. The van der Waals surface area contributed by atoms with Gasteiger partial charge >= 0.3 is 6.09 Å². The lowest BCUT2D eigenvalue weighted by atomic mass is 9.90. The van der Waals surface area contributed by atoms with E-state index in [0.29, 0.717) is 12.6 Å². The number of aliphatic hydroxyl groups is 1. The fraction of sp³-hybridized carbons (Fsp3) is 0.632. The summed E-state index contributed by atoms with van der Waals surface area (Å²) >= 11 is 0. The lowest BCUT2D eigenvalue weighted by Gasteiger charge is -2.37. The van der Waals surface area contributed by atoms with Gasteiger partial charge in [-0.3, -0.25) is 4.90 Å². The second-order valence-corrected chi connectivity index (χ2v) is 7.37. The molecule has 0 spiro atoms. The van der Waals surface area contributed by atoms with Gasteiger partial charge in [0.15, 0.2) is 0 Å². The van der Waals surface area contributed by atoms with Crippen LogP contribution in [0, 0.1) is 0 Å². The molecule has 134 valence electrons. The first kappa shape index (κ1) is 18.7. The summed E-state index contributed by atoms with van der Waals surface area (Å²) in [6.45, 7) is 6.47. The summed E-state index contributed by atoms with van der Waals surface area (Å²) in [6.07, 6.45) is 3.57. The average Bonchev–Trinajstić information content (AvgIpc) is 2.54. The molecular formula is C19H30N2O3. The molecule has 1 saturated carbocycles. The van der Waals surface area contributed by atoms with Crippen LogP contribution in [0.5, 0.6) is 0 Å². The smallest absolute Gasteiger partial charge is 0.415 e. The van der Waals surface area contributed by atoms with Crippen LogP contribution in [0.2, 0.25) is 0 Å². The molecule has 1 aliphatic rings. The van der Waals surface area contributed by atoms with Crippen molar-refractivity contribution in [2.45, 2.75) is 64.1 Å². The maximum Gasteiger partial charge on any atom is 0.415 e. The Morgan fingerprint density at radius 1 is 1.21 bits per heavy atom. The lowest BCUT2D eigenvalue weighted by Crippen LogP contribution is -2.47. The minimum absolute atomic E-state index is 0.148. The topological polar surface area (TPSA) is 61.8 Å². The molecule has 24 heavy (non-hydrogen) atoms. The van der Waals surface area contributed by atoms with Crippen LogP contribution in [-0.4, -0.2) is 42.0 Å². The van der Waals surface area contributed by atoms with Crippen molar-refractivity contribution in [3.05, 3.63) is 30.3 Å². The normalized spacial score (nSPS) is 21.3. The Morgan fingerprint density at radius 2 is 1.83 bits per heavy atom. The van der Waals surface area contributed by atoms with Gasteiger partial charge in [0.25, 0.3) is 0 Å². The number of rotatable bonds is 5. The van der Waals surface area contributed by atoms with Gasteiger partial charge < -0.3 is 15.2 Å². The van der Waals surface area contributed by atoms with Crippen molar-refractivity contribution < 1.29 is 14.6 Å². The van der Waals surface area contributed by atoms with Crippen LogP contribution in [0.1, 0.15) is 46.5 Å². The number of benzene rings is 1. The molecule has 0 aromatic heterocycles. The number of carbonyl (C=O) groups excluding carboxylic acids is 1. The Labute approximate surface area is 145 Å². The second kappa shape index (κ2) is 8.49. The minimum atomic E-state index is -0.510. The van der Waals surface area contributed by atoms with Crippen LogP contribution in [-0.2, 0) is 4.74 Å². The third-order valence-electron chi connectivity index (χ3n) is 4.23. The van der Waals surface area contributed by atoms with Crippen molar-refractivity contribution in [1.82, 2.24) is 5.32 Å². The van der Waals surface area contributed by atoms with E-state index < -0.39 is 5.60 Å². The van der Waals surface area contributed by atoms with Gasteiger partial charge in [0.1, 0.15) is 5.60 Å². The molecular weight excluding hydrogens is 304 g/mol. The van der Waals surface area contributed by atoms with Gasteiger partial charge in [0, 0.05) is 24.3 Å². The number of aliphatic hydroxyl groups excluding tert-OH is 1. The van der Waals surface area contributed by atoms with Gasteiger partial charge in [0.2, 0.25) is 0 Å². The highest BCUT2D eigenvalue weighted by Gasteiger charge is 2.32. The van der Waals surface area contributed by atoms with Gasteiger partial charge in [-0.25, -0.2) is 4.79 Å². The van der Waals surface area contributed by atoms with Crippen molar-refractivity contribution in [2.24, 2.45) is 0 Å². The molecule has 5 nitrogen and oxygen atoms in total. The molecule has 0 unspecified atom stereocenters. The molecule has 1 aliphatic carbocycles. The van der Waals surface area contributed by atoms with Gasteiger partial charge in [-0.2, -0.15) is 0 Å². The van der Waals surface area contributed by atoms with E-state index in [1.807, 2.05) is 56.0 Å². The SMILES string of the molecule is CC(C)(C)OC(=O)N(c1ccccc1)C1CCC(NCCO)CC1. The van der Waals surface area contributed by atoms with E-state index in [0.717, 1.165) is 31.4 Å². The van der Waals surface area contributed by atoms with E-state index in [4.69, 9.17) is 9.84 Å². The molecule has 1 fully saturated rings. The number of para-hydroxylation sites is 1. The van der Waals surface area contributed by atoms with Crippen LogP contribution < -0.4 is 10.2 Å². The summed E-state index contributed by atoms with van der Waals surface area (Å²) in [5, 5.41) is 12.3. The van der Waals surface area contributed by atoms with Gasteiger partial charge in [-0.1, -0.05) is 18.2 Å². The number of hydrogen-bond donors (Lipinski definition) is 2. The molecule has 0 bridgehead atoms. The molecule has 0 aliphatic heterocycles. The van der Waals surface area contributed by atoms with Crippen LogP contribution in [0.4, 0.5) is 10.5 Å². The van der Waals surface area contributed by atoms with Gasteiger partial charge in [-0.15, -0.1) is 0 Å². The first-order chi connectivity index (χ1) is 11.4. The average molecular weight is 334 g/mol. The molecule has 1 amide bonds. The standard InChI is InChI=1S/C19H30N2O3/c1-19(2,3)24-18(23)21(16-7-5-4-6-8-16)17-11-9-15(10-12-17)20-13-14-22/h4-8,15,17,20,22H,9-14H2,1-3H3. The molecule has 2 rings (SSSR count). The minimum Gasteiger partial charge on any atom is -0.443 e. The Kier molecular flexibility index (Phi) is 6.63. The largest absolute Gasteiger partial charge is 0.443 e. The monoisotopic (exact) mass is 334 g/mol. The quantitative estimate of drug-likeness (QED) is 0.867. The molecule has 0 saturated heterocycles. The van der Waals surface area contributed by atoms with Crippen molar-refractivity contribution in [1.29, 1.82) is 0 Å². The number of hydrogen-bond acceptors (Lipinski definition) is 4. The van der Waals surface area contributed by atoms with Crippen molar-refractivity contribution in [3.8, 4) is 0 Å². The maximum atomic E-state index is 12.8. The first-order valence-electron chi connectivity index (χ1n) is 8.82. The molecule has 1 aromatic rings. The van der Waals surface area contributed by atoms with Crippen LogP contribution >= 0.6 is 0 Å². The Balaban J connectivity index is 2.08. The zero-order chi connectivity index (χ0) is 17.6. The van der Waals surface area contributed by atoms with Crippen molar-refractivity contribution >= 4 is 11.8 Å². The molecule has 2 N–H and O–H groups in total. The Morgan fingerprint density at radius 3 is 2.38 bits per heavy atom. The zero-order valence-electron chi connectivity index (χ0n) is 15.0. The van der Waals surface area contributed by atoms with Crippen LogP contribution in [0.15, 0.2) is 30.3 Å². The summed E-state index contributed by atoms with van der Waals surface area (Å²) in [6, 6.07) is 10.3. The van der Waals surface area contributed by atoms with Crippen LogP contribution in [0.3, 0.4) is 0 Å². The molecule has 0 heterocycles. The molecule has 0 radical (unpaired) electrons. The van der Waals surface area contributed by atoms with E-state index >= 15 is 0 Å². The number of ether oxygens (including phenoxy) is 1. The molecule has 5 heteroatoms. The van der Waals surface area contributed by atoms with Crippen LogP contribution in [0.25, 0.3) is 0 Å². The van der Waals surface area contributed by atoms with Crippen molar-refractivity contribution in [3.63, 3.8) is 0 Å². The predicted octanol–water partition coefficient (Wildman–Crippen LogP) is 3.32. The fourth-order valence-electron chi connectivity index (χ4n) is 3.17. The lowest BCUT2D eigenvalue weighted by molar-refractivity contribution is 0.0555. The van der Waals surface area contributed by atoms with E-state index in [2.05, 4.69) is 5.32 Å². The zero-order valence-corrected chi connectivity index (χ0v) is 15.0. The van der Waals surface area contributed by atoms with Gasteiger partial charge in [-0.05, 0) is 58.6 Å². The highest BCUT2D eigenvalue weighted by molar-refractivity contribution is 5.88. The van der Waals surface area contributed by atoms with E-state index in [9.17, 15) is 4.79 Å². The summed E-state index contributed by atoms with van der Waals surface area (Å²) in [5.41, 5.74) is 0.378. The van der Waals surface area contributed by atoms with Crippen molar-refractivity contribution in [2.75, 3.05) is 18.1 Å². The molecule has 0 atom stereocenters. The summed E-state index contributed by atoms with van der Waals surface area (Å²) in [7, 11) is 0. The fourth-order valence-corrected chi connectivity index (χ4v) is 3.17. The van der Waals surface area contributed by atoms with Gasteiger partial charge in [0.05, 0.1) is 6.61 Å². The summed E-state index contributed by atoms with van der Waals surface area (Å²) in [5.74, 6) is 0. The third kappa shape index (κ3) is 5.49. The highest BCUT2D eigenvalue weighted by atomic mass is 16.6. The highest BCUT2D eigenvalue weighted by Crippen LogP contribution is 2.29. The number of nitrogens with one attached hydrogen (secondary N) is 1. The Hall–Kier alpha value is -1.59. The summed E-state index contributed by atoms with van der Waals surface area (Å²) < 4.78 is 5.64. The van der Waals surface area contributed by atoms with E-state index in [1.165, 1.54) is 0 Å². The number of carbonyl (C=O) groups is 1. The first-order valence-corrected chi connectivity index (χ1v) is 8.82. The van der Waals surface area contributed by atoms with E-state index in [1.54, 1.807) is 0 Å². The number of nitrogens with zero attached hydrogens (tertiary/aromatic N) is 1. The third-order valence-corrected chi connectivity index (χ3v) is 4.23. The Bertz CT molecular complexity index is 505. The number of anilines is 1. The number of amides is 1. The predicted molar refractivity (Wildman–Crippen MR) is 96.3 cm³/mol. The second-order valence-electron chi connectivity index (χ2n) is 7.37. The maximum absolute atomic E-state index is 12.8. The molecule has 1 aromatic carbocycles. The van der Waals surface area contributed by atoms with E-state index in [-0.39, 0.29) is 18.7 Å².